The van der Waals surface area contributed by atoms with Crippen LogP contribution in [0.15, 0.2) is 50.2 Å². The van der Waals surface area contributed by atoms with Crippen molar-refractivity contribution >= 4 is 50.0 Å². The Labute approximate surface area is 160 Å². The Morgan fingerprint density at radius 2 is 2.04 bits per heavy atom. The van der Waals surface area contributed by atoms with Crippen molar-refractivity contribution in [2.24, 2.45) is 0 Å². The summed E-state index contributed by atoms with van der Waals surface area (Å²) in [4.78, 5) is 17.3. The first-order valence-corrected chi connectivity index (χ1v) is 11.4. The average molecular weight is 411 g/mol. The Bertz CT molecular complexity index is 1010. The predicted octanol–water partition coefficient (Wildman–Crippen LogP) is 3.89. The molecule has 0 bridgehead atoms. The molecule has 2 aromatic heterocycles. The number of oxazole rings is 1. The third-order valence-electron chi connectivity index (χ3n) is 3.81. The van der Waals surface area contributed by atoms with E-state index in [2.05, 4.69) is 4.98 Å². The van der Waals surface area contributed by atoms with Crippen LogP contribution in [0, 0.1) is 0 Å². The molecule has 2 heterocycles. The number of fused-ring (bicyclic) bond motifs is 1. The number of benzene rings is 1. The second kappa shape index (κ2) is 7.91. The van der Waals surface area contributed by atoms with E-state index in [9.17, 15) is 13.2 Å². The molecule has 0 aliphatic carbocycles. The Morgan fingerprint density at radius 1 is 1.27 bits per heavy atom. The Morgan fingerprint density at radius 3 is 2.69 bits per heavy atom. The van der Waals surface area contributed by atoms with Gasteiger partial charge in [-0.2, -0.15) is 4.31 Å². The topological polar surface area (TPSA) is 80.5 Å². The molecule has 1 aromatic carbocycles. The van der Waals surface area contributed by atoms with Gasteiger partial charge in [-0.15, -0.1) is 11.3 Å². The highest BCUT2D eigenvalue weighted by atomic mass is 32.2. The number of thiophene rings is 1. The molecule has 0 amide bonds. The van der Waals surface area contributed by atoms with E-state index in [0.717, 1.165) is 0 Å². The van der Waals surface area contributed by atoms with Crippen molar-refractivity contribution in [3.63, 3.8) is 0 Å². The lowest BCUT2D eigenvalue weighted by Crippen LogP contribution is -2.30. The van der Waals surface area contributed by atoms with Gasteiger partial charge >= 0.3 is 0 Å². The highest BCUT2D eigenvalue weighted by molar-refractivity contribution is 7.99. The predicted molar refractivity (Wildman–Crippen MR) is 103 cm³/mol. The fourth-order valence-electron chi connectivity index (χ4n) is 2.46. The van der Waals surface area contributed by atoms with Crippen LogP contribution in [0.4, 0.5) is 0 Å². The monoisotopic (exact) mass is 410 g/mol. The molecule has 0 aliphatic rings. The van der Waals surface area contributed by atoms with Gasteiger partial charge in [-0.1, -0.05) is 31.7 Å². The molecule has 3 aromatic rings. The summed E-state index contributed by atoms with van der Waals surface area (Å²) in [6.07, 6.45) is 0. The summed E-state index contributed by atoms with van der Waals surface area (Å²) in [7, 11) is -3.55. The maximum atomic E-state index is 12.6. The van der Waals surface area contributed by atoms with Gasteiger partial charge in [-0.05, 0) is 29.6 Å². The van der Waals surface area contributed by atoms with Gasteiger partial charge in [0.05, 0.1) is 15.5 Å². The van der Waals surface area contributed by atoms with E-state index in [1.807, 2.05) is 11.4 Å². The number of hydrogen-bond acceptors (Lipinski definition) is 7. The molecule has 138 valence electrons. The highest BCUT2D eigenvalue weighted by Gasteiger charge is 2.22. The number of sulfonamides is 1. The molecule has 9 heteroatoms. The number of hydrogen-bond donors (Lipinski definition) is 0. The number of aromatic nitrogens is 1. The Hall–Kier alpha value is -1.68. The van der Waals surface area contributed by atoms with Crippen LogP contribution < -0.4 is 0 Å². The zero-order valence-corrected chi connectivity index (χ0v) is 16.8. The van der Waals surface area contributed by atoms with Crippen molar-refractivity contribution < 1.29 is 17.6 Å². The Balaban J connectivity index is 1.80. The normalized spacial score (nSPS) is 12.1. The first kappa shape index (κ1) is 19.1. The molecule has 0 radical (unpaired) electrons. The maximum absolute atomic E-state index is 12.6. The van der Waals surface area contributed by atoms with Crippen LogP contribution in [0.25, 0.3) is 11.1 Å². The lowest BCUT2D eigenvalue weighted by molar-refractivity contribution is 0.102. The van der Waals surface area contributed by atoms with Gasteiger partial charge in [0.15, 0.2) is 11.4 Å². The number of carbonyl (C=O) groups is 1. The highest BCUT2D eigenvalue weighted by Crippen LogP contribution is 2.27. The van der Waals surface area contributed by atoms with E-state index < -0.39 is 10.0 Å². The van der Waals surface area contributed by atoms with Crippen LogP contribution in [0.5, 0.6) is 0 Å². The number of ketones is 1. The summed E-state index contributed by atoms with van der Waals surface area (Å²) in [6, 6.07) is 8.25. The lowest BCUT2D eigenvalue weighted by atomic mass is 10.3. The van der Waals surface area contributed by atoms with Crippen molar-refractivity contribution in [3.05, 3.63) is 40.6 Å². The van der Waals surface area contributed by atoms with Crippen LogP contribution in [-0.2, 0) is 10.0 Å². The number of carbonyl (C=O) groups excluding carboxylic acids is 1. The van der Waals surface area contributed by atoms with Crippen molar-refractivity contribution in [3.8, 4) is 0 Å². The molecular weight excluding hydrogens is 392 g/mol. The maximum Gasteiger partial charge on any atom is 0.257 e. The largest absolute Gasteiger partial charge is 0.431 e. The molecule has 26 heavy (non-hydrogen) atoms. The molecule has 0 N–H and O–H groups in total. The van der Waals surface area contributed by atoms with Gasteiger partial charge in [-0.25, -0.2) is 13.4 Å². The van der Waals surface area contributed by atoms with Gasteiger partial charge in [0.2, 0.25) is 10.0 Å². The van der Waals surface area contributed by atoms with Crippen molar-refractivity contribution in [1.29, 1.82) is 0 Å². The Kier molecular flexibility index (Phi) is 5.81. The standard InChI is InChI=1S/C17H18N2O4S3/c1-3-19(4-2)26(21,22)12-7-8-15-13(10-12)18-17(23-15)25-11-14(20)16-6-5-9-24-16/h5-10H,3-4,11H2,1-2H3. The molecule has 0 aliphatic heterocycles. The zero-order valence-electron chi connectivity index (χ0n) is 14.3. The fraction of sp³-hybridized carbons (Fsp3) is 0.294. The molecular formula is C17H18N2O4S3. The smallest absolute Gasteiger partial charge is 0.257 e. The average Bonchev–Trinajstić information content (AvgIpc) is 3.29. The molecule has 0 spiro atoms. The van der Waals surface area contributed by atoms with E-state index in [0.29, 0.717) is 34.3 Å². The van der Waals surface area contributed by atoms with E-state index in [1.54, 1.807) is 26.0 Å². The van der Waals surface area contributed by atoms with Crippen molar-refractivity contribution in [1.82, 2.24) is 9.29 Å². The second-order valence-electron chi connectivity index (χ2n) is 5.39. The number of Topliss-reactive ketones (excluding diaryl/α,β-unsaturated/α-hetero) is 1. The molecule has 3 rings (SSSR count). The summed E-state index contributed by atoms with van der Waals surface area (Å²) < 4.78 is 32.2. The lowest BCUT2D eigenvalue weighted by Gasteiger charge is -2.18. The van der Waals surface area contributed by atoms with Crippen LogP contribution >= 0.6 is 23.1 Å². The van der Waals surface area contributed by atoms with Crippen LogP contribution in [0.2, 0.25) is 0 Å². The molecule has 0 saturated carbocycles. The second-order valence-corrected chi connectivity index (χ2v) is 9.20. The summed E-state index contributed by atoms with van der Waals surface area (Å²) >= 11 is 2.60. The van der Waals surface area contributed by atoms with E-state index in [-0.39, 0.29) is 16.4 Å². The van der Waals surface area contributed by atoms with Gasteiger partial charge in [0, 0.05) is 13.1 Å². The van der Waals surface area contributed by atoms with Crippen LogP contribution in [0.3, 0.4) is 0 Å². The van der Waals surface area contributed by atoms with Crippen molar-refractivity contribution in [2.75, 3.05) is 18.8 Å². The van der Waals surface area contributed by atoms with Crippen LogP contribution in [-0.4, -0.2) is 42.3 Å². The van der Waals surface area contributed by atoms with Crippen molar-refractivity contribution in [2.45, 2.75) is 24.0 Å². The van der Waals surface area contributed by atoms with Gasteiger partial charge in [0.1, 0.15) is 5.52 Å². The number of thioether (sulfide) groups is 1. The summed E-state index contributed by atoms with van der Waals surface area (Å²) in [5, 5.41) is 2.21. The van der Waals surface area contributed by atoms with Gasteiger partial charge in [0.25, 0.3) is 5.22 Å². The summed E-state index contributed by atoms with van der Waals surface area (Å²) in [6.45, 7) is 4.41. The minimum atomic E-state index is -3.55. The van der Waals surface area contributed by atoms with Crippen LogP contribution in [0.1, 0.15) is 23.5 Å². The third-order valence-corrected chi connectivity index (χ3v) is 7.59. The minimum absolute atomic E-state index is 0.0112. The van der Waals surface area contributed by atoms with E-state index in [4.69, 9.17) is 4.42 Å². The third kappa shape index (κ3) is 3.85. The van der Waals surface area contributed by atoms with Gasteiger partial charge in [-0.3, -0.25) is 4.79 Å². The molecule has 0 atom stereocenters. The van der Waals surface area contributed by atoms with E-state index >= 15 is 0 Å². The minimum Gasteiger partial charge on any atom is -0.431 e. The number of rotatable bonds is 8. The molecule has 0 saturated heterocycles. The fourth-order valence-corrected chi connectivity index (χ4v) is 5.41. The SMILES string of the molecule is CCN(CC)S(=O)(=O)c1ccc2oc(SCC(=O)c3cccs3)nc2c1. The quantitative estimate of drug-likeness (QED) is 0.414. The summed E-state index contributed by atoms with van der Waals surface area (Å²) in [5.74, 6) is 0.231. The molecule has 6 nitrogen and oxygen atoms in total. The molecule has 0 fully saturated rings. The zero-order chi connectivity index (χ0) is 18.7. The van der Waals surface area contributed by atoms with Gasteiger partial charge < -0.3 is 4.42 Å². The first-order chi connectivity index (χ1) is 12.5. The van der Waals surface area contributed by atoms with E-state index in [1.165, 1.54) is 39.5 Å². The summed E-state index contributed by atoms with van der Waals surface area (Å²) in [5.41, 5.74) is 0.957. The molecule has 0 unspecified atom stereocenters. The first-order valence-electron chi connectivity index (χ1n) is 8.06. The number of nitrogens with zero attached hydrogens (tertiary/aromatic N) is 2.